The first-order valence-electron chi connectivity index (χ1n) is 5.48. The molecule has 2 aromatic rings. The zero-order valence-electron chi connectivity index (χ0n) is 10.3. The number of nitrogens with zero attached hydrogens (tertiary/aromatic N) is 1. The number of hydrogen-bond donors (Lipinski definition) is 0. The van der Waals surface area contributed by atoms with Gasteiger partial charge in [-0.2, -0.15) is 0 Å². The van der Waals surface area contributed by atoms with Gasteiger partial charge in [0.05, 0.1) is 5.52 Å². The van der Waals surface area contributed by atoms with Crippen LogP contribution in [0.25, 0.3) is 10.9 Å². The van der Waals surface area contributed by atoms with Crippen molar-refractivity contribution in [1.82, 2.24) is 4.57 Å². The minimum atomic E-state index is -0.607. The van der Waals surface area contributed by atoms with E-state index >= 15 is 0 Å². The monoisotopic (exact) mass is 361 g/mol. The minimum absolute atomic E-state index is 0.260. The van der Waals surface area contributed by atoms with Gasteiger partial charge < -0.3 is 4.74 Å². The van der Waals surface area contributed by atoms with Gasteiger partial charge in [-0.3, -0.25) is 0 Å². The van der Waals surface area contributed by atoms with Crippen molar-refractivity contribution in [1.29, 1.82) is 0 Å². The molecule has 0 aliphatic heterocycles. The first-order chi connectivity index (χ1) is 8.29. The second kappa shape index (κ2) is 4.53. The molecule has 1 aromatic heterocycles. The molecule has 2 rings (SSSR count). The molecule has 0 aliphatic carbocycles. The fourth-order valence-corrected chi connectivity index (χ4v) is 2.37. The molecule has 3 nitrogen and oxygen atoms in total. The molecule has 0 N–H and O–H groups in total. The molecule has 1 aromatic carbocycles. The van der Waals surface area contributed by atoms with Gasteiger partial charge in [0.1, 0.15) is 11.4 Å². The number of fused-ring (bicyclic) bond motifs is 1. The predicted octanol–water partition coefficient (Wildman–Crippen LogP) is 4.17. The lowest BCUT2D eigenvalue weighted by atomic mass is 10.2. The Morgan fingerprint density at radius 1 is 1.39 bits per heavy atom. The summed E-state index contributed by atoms with van der Waals surface area (Å²) < 4.78 is 21.1. The van der Waals surface area contributed by atoms with Crippen molar-refractivity contribution in [2.45, 2.75) is 26.4 Å². The van der Waals surface area contributed by atoms with Crippen LogP contribution in [-0.4, -0.2) is 16.3 Å². The van der Waals surface area contributed by atoms with Crippen LogP contribution < -0.4 is 0 Å². The van der Waals surface area contributed by atoms with Crippen LogP contribution in [0.5, 0.6) is 0 Å². The summed E-state index contributed by atoms with van der Waals surface area (Å²) in [5.74, 6) is -0.429. The highest BCUT2D eigenvalue weighted by Crippen LogP contribution is 2.26. The van der Waals surface area contributed by atoms with Crippen LogP contribution in [0.1, 0.15) is 20.8 Å². The molecule has 96 valence electrons. The molecule has 5 heteroatoms. The summed E-state index contributed by atoms with van der Waals surface area (Å²) in [6.45, 7) is 5.33. The molecule has 0 bridgehead atoms. The number of para-hydroxylation sites is 1. The number of carbonyl (C=O) groups excluding carboxylic acids is 1. The summed E-state index contributed by atoms with van der Waals surface area (Å²) in [6.07, 6.45) is 1.02. The zero-order valence-corrected chi connectivity index (χ0v) is 12.5. The highest BCUT2D eigenvalue weighted by molar-refractivity contribution is 14.1. The van der Waals surface area contributed by atoms with Crippen molar-refractivity contribution in [3.63, 3.8) is 0 Å². The molecular formula is C13H13FINO2. The number of carbonyl (C=O) groups is 1. The Morgan fingerprint density at radius 2 is 2.06 bits per heavy atom. The van der Waals surface area contributed by atoms with Gasteiger partial charge in [-0.05, 0) is 49.4 Å². The molecule has 0 fully saturated rings. The van der Waals surface area contributed by atoms with Gasteiger partial charge >= 0.3 is 6.09 Å². The van der Waals surface area contributed by atoms with E-state index in [1.807, 2.05) is 0 Å². The number of ether oxygens (including phenoxy) is 1. The summed E-state index contributed by atoms with van der Waals surface area (Å²) in [7, 11) is 0. The maximum atomic E-state index is 13.8. The van der Waals surface area contributed by atoms with E-state index in [2.05, 4.69) is 22.6 Å². The van der Waals surface area contributed by atoms with Crippen molar-refractivity contribution in [3.8, 4) is 0 Å². The number of hydrogen-bond acceptors (Lipinski definition) is 2. The number of rotatable bonds is 0. The van der Waals surface area contributed by atoms with Crippen LogP contribution in [0.15, 0.2) is 24.4 Å². The molecule has 0 atom stereocenters. The fourth-order valence-electron chi connectivity index (χ4n) is 1.66. The van der Waals surface area contributed by atoms with Gasteiger partial charge in [-0.1, -0.05) is 12.1 Å². The Balaban J connectivity index is 2.55. The van der Waals surface area contributed by atoms with E-state index in [0.29, 0.717) is 5.39 Å². The molecule has 0 spiro atoms. The lowest BCUT2D eigenvalue weighted by Crippen LogP contribution is -2.26. The largest absolute Gasteiger partial charge is 0.443 e. The van der Waals surface area contributed by atoms with Gasteiger partial charge in [0, 0.05) is 15.2 Å². The van der Waals surface area contributed by atoms with Crippen LogP contribution in [0, 0.1) is 9.39 Å². The molecule has 0 aliphatic rings. The Kier molecular flexibility index (Phi) is 3.35. The third-order valence-corrected chi connectivity index (χ3v) is 3.18. The topological polar surface area (TPSA) is 31.2 Å². The molecule has 0 saturated carbocycles. The van der Waals surface area contributed by atoms with Crippen LogP contribution in [0.2, 0.25) is 0 Å². The summed E-state index contributed by atoms with van der Waals surface area (Å²) in [6, 6.07) is 4.74. The van der Waals surface area contributed by atoms with Gasteiger partial charge in [0.25, 0.3) is 0 Å². The molecular weight excluding hydrogens is 348 g/mol. The maximum absolute atomic E-state index is 13.8. The Bertz CT molecular complexity index is 613. The Hall–Kier alpha value is -1.11. The lowest BCUT2D eigenvalue weighted by Gasteiger charge is -2.19. The van der Waals surface area contributed by atoms with E-state index in [0.717, 1.165) is 3.57 Å². The first kappa shape index (κ1) is 13.3. The van der Waals surface area contributed by atoms with Gasteiger partial charge in [0.15, 0.2) is 0 Å². The van der Waals surface area contributed by atoms with Crippen molar-refractivity contribution in [2.75, 3.05) is 0 Å². The average Bonchev–Trinajstić information content (AvgIpc) is 2.56. The van der Waals surface area contributed by atoms with E-state index in [4.69, 9.17) is 4.74 Å². The quantitative estimate of drug-likeness (QED) is 0.660. The molecule has 1 heterocycles. The summed E-state index contributed by atoms with van der Waals surface area (Å²) in [5.41, 5.74) is -0.346. The van der Waals surface area contributed by atoms with E-state index in [9.17, 15) is 9.18 Å². The highest BCUT2D eigenvalue weighted by atomic mass is 127. The van der Waals surface area contributed by atoms with Gasteiger partial charge in [-0.25, -0.2) is 13.8 Å². The standard InChI is InChI=1S/C13H13FINO2/c1-13(2,3)18-12(17)16-7-10(15)8-5-4-6-9(14)11(8)16/h4-7H,1-3H3. The Morgan fingerprint density at radius 3 is 2.67 bits per heavy atom. The molecule has 0 amide bonds. The third kappa shape index (κ3) is 2.50. The van der Waals surface area contributed by atoms with Crippen molar-refractivity contribution in [3.05, 3.63) is 33.8 Å². The van der Waals surface area contributed by atoms with E-state index in [1.165, 1.54) is 10.6 Å². The summed E-state index contributed by atoms with van der Waals surface area (Å²) in [4.78, 5) is 12.0. The normalized spacial score (nSPS) is 11.8. The SMILES string of the molecule is CC(C)(C)OC(=O)n1cc(I)c2cccc(F)c21. The van der Waals surface area contributed by atoms with E-state index < -0.39 is 17.5 Å². The van der Waals surface area contributed by atoms with Crippen molar-refractivity contribution >= 4 is 39.6 Å². The average molecular weight is 361 g/mol. The van der Waals surface area contributed by atoms with Gasteiger partial charge in [-0.15, -0.1) is 0 Å². The van der Waals surface area contributed by atoms with E-state index in [1.54, 1.807) is 39.1 Å². The number of benzene rings is 1. The molecule has 0 unspecified atom stereocenters. The van der Waals surface area contributed by atoms with Gasteiger partial charge in [0.2, 0.25) is 0 Å². The first-order valence-corrected chi connectivity index (χ1v) is 6.56. The molecule has 0 radical (unpaired) electrons. The van der Waals surface area contributed by atoms with Crippen molar-refractivity contribution in [2.24, 2.45) is 0 Å². The minimum Gasteiger partial charge on any atom is -0.443 e. The molecule has 18 heavy (non-hydrogen) atoms. The second-order valence-corrected chi connectivity index (χ2v) is 6.13. The zero-order chi connectivity index (χ0) is 13.5. The van der Waals surface area contributed by atoms with Crippen LogP contribution in [0.4, 0.5) is 9.18 Å². The van der Waals surface area contributed by atoms with Crippen LogP contribution in [-0.2, 0) is 4.74 Å². The molecule has 0 saturated heterocycles. The van der Waals surface area contributed by atoms with Crippen molar-refractivity contribution < 1.29 is 13.9 Å². The van der Waals surface area contributed by atoms with E-state index in [-0.39, 0.29) is 5.52 Å². The fraction of sp³-hybridized carbons (Fsp3) is 0.308. The highest BCUT2D eigenvalue weighted by Gasteiger charge is 2.21. The lowest BCUT2D eigenvalue weighted by molar-refractivity contribution is 0.0543. The maximum Gasteiger partial charge on any atom is 0.419 e. The summed E-state index contributed by atoms with van der Waals surface area (Å²) >= 11 is 2.07. The summed E-state index contributed by atoms with van der Waals surface area (Å²) in [5, 5.41) is 0.710. The third-order valence-electron chi connectivity index (χ3n) is 2.32. The van der Waals surface area contributed by atoms with Crippen LogP contribution >= 0.6 is 22.6 Å². The Labute approximate surface area is 118 Å². The predicted molar refractivity (Wildman–Crippen MR) is 76.2 cm³/mol. The van der Waals surface area contributed by atoms with Crippen LogP contribution in [0.3, 0.4) is 0 Å². The smallest absolute Gasteiger partial charge is 0.419 e. The number of halogens is 2. The second-order valence-electron chi connectivity index (χ2n) is 4.96. The number of aromatic nitrogens is 1.